The smallest absolute Gasteiger partial charge is 0.234 e. The monoisotopic (exact) mass is 590 g/mol. The van der Waals surface area contributed by atoms with Crippen LogP contribution in [0.3, 0.4) is 0 Å². The summed E-state index contributed by atoms with van der Waals surface area (Å²) in [5.74, 6) is 0.424. The molecule has 1 aromatic carbocycles. The van der Waals surface area contributed by atoms with Crippen molar-refractivity contribution < 1.29 is 4.79 Å². The van der Waals surface area contributed by atoms with Gasteiger partial charge in [-0.3, -0.25) is 9.78 Å². The summed E-state index contributed by atoms with van der Waals surface area (Å²) in [6.07, 6.45) is 9.20. The Morgan fingerprint density at radius 2 is 1.73 bits per heavy atom. The Hall–Kier alpha value is -4.11. The van der Waals surface area contributed by atoms with Gasteiger partial charge in [0.25, 0.3) is 0 Å². The van der Waals surface area contributed by atoms with Crippen molar-refractivity contribution in [3.8, 4) is 11.3 Å². The van der Waals surface area contributed by atoms with E-state index in [1.807, 2.05) is 18.5 Å². The third kappa shape index (κ3) is 5.07. The second-order valence-corrected chi connectivity index (χ2v) is 13.6. The average molecular weight is 591 g/mol. The van der Waals surface area contributed by atoms with E-state index in [1.54, 1.807) is 0 Å². The van der Waals surface area contributed by atoms with E-state index in [0.29, 0.717) is 17.7 Å². The molecule has 228 valence electrons. The summed E-state index contributed by atoms with van der Waals surface area (Å²) in [5.41, 5.74) is 9.73. The van der Waals surface area contributed by atoms with Crippen molar-refractivity contribution in [1.82, 2.24) is 40.6 Å². The number of H-pyrrole nitrogens is 2. The molecule has 2 bridgehead atoms. The van der Waals surface area contributed by atoms with Crippen LogP contribution in [0, 0.1) is 13.8 Å². The van der Waals surface area contributed by atoms with Crippen LogP contribution >= 0.6 is 0 Å². The molecule has 2 aliphatic heterocycles. The van der Waals surface area contributed by atoms with E-state index in [4.69, 9.17) is 4.98 Å². The normalized spacial score (nSPS) is 19.0. The molecule has 4 aromatic heterocycles. The van der Waals surface area contributed by atoms with Gasteiger partial charge in [-0.05, 0) is 113 Å². The maximum atomic E-state index is 14.0. The van der Waals surface area contributed by atoms with Crippen LogP contribution in [0.5, 0.6) is 0 Å². The van der Waals surface area contributed by atoms with E-state index < -0.39 is 5.41 Å². The first kappa shape index (κ1) is 28.6. The number of aromatic nitrogens is 6. The molecular formula is C35H42N8O. The standard InChI is InChI=1S/C35H42N8O/c1-20-12-21(2)14-24(13-20)32-31(22(3)17-36-11-10-23-15-28-33(38-18-23)41-42-40-28)27-16-30(37-19-29(27)39-32)35(4,5)34(44)43-25-6-7-26(43)9-8-25/h12-16,18-19,22,25-26,36,39H,6-11,17H2,1-5H3,(H,38,40,41,42). The molecule has 2 saturated heterocycles. The Kier molecular flexibility index (Phi) is 7.23. The zero-order valence-electron chi connectivity index (χ0n) is 26.4. The first-order valence-electron chi connectivity index (χ1n) is 16.0. The first-order chi connectivity index (χ1) is 21.2. The Labute approximate surface area is 258 Å². The van der Waals surface area contributed by atoms with Gasteiger partial charge in [-0.15, -0.1) is 5.10 Å². The van der Waals surface area contributed by atoms with Gasteiger partial charge in [0, 0.05) is 30.2 Å². The summed E-state index contributed by atoms with van der Waals surface area (Å²) in [6, 6.07) is 11.7. The topological polar surface area (TPSA) is 115 Å². The number of amides is 1. The summed E-state index contributed by atoms with van der Waals surface area (Å²) < 4.78 is 0. The van der Waals surface area contributed by atoms with Gasteiger partial charge < -0.3 is 15.2 Å². The van der Waals surface area contributed by atoms with Gasteiger partial charge in [0.1, 0.15) is 5.52 Å². The Bertz CT molecular complexity index is 1810. The fourth-order valence-corrected chi connectivity index (χ4v) is 7.56. The minimum atomic E-state index is -0.700. The fraction of sp³-hybridized carbons (Fsp3) is 0.457. The van der Waals surface area contributed by atoms with Gasteiger partial charge >= 0.3 is 0 Å². The van der Waals surface area contributed by atoms with Crippen molar-refractivity contribution in [2.24, 2.45) is 0 Å². The van der Waals surface area contributed by atoms with Crippen LogP contribution in [0.25, 0.3) is 33.3 Å². The van der Waals surface area contributed by atoms with Crippen LogP contribution in [0.1, 0.15) is 80.3 Å². The Morgan fingerprint density at radius 1 is 1.00 bits per heavy atom. The highest BCUT2D eigenvalue weighted by atomic mass is 16.2. The van der Waals surface area contributed by atoms with Crippen molar-refractivity contribution in [3.63, 3.8) is 0 Å². The second kappa shape index (κ2) is 11.1. The molecule has 2 fully saturated rings. The van der Waals surface area contributed by atoms with Gasteiger partial charge in [0.2, 0.25) is 11.6 Å². The molecule has 44 heavy (non-hydrogen) atoms. The number of hydrogen-bond acceptors (Lipinski definition) is 6. The third-order valence-electron chi connectivity index (χ3n) is 9.86. The van der Waals surface area contributed by atoms with Crippen LogP contribution in [-0.4, -0.2) is 66.3 Å². The molecule has 1 unspecified atom stereocenters. The number of nitrogens with one attached hydrogen (secondary N) is 3. The molecule has 0 saturated carbocycles. The molecule has 0 spiro atoms. The number of fused-ring (bicyclic) bond motifs is 4. The second-order valence-electron chi connectivity index (χ2n) is 13.6. The van der Waals surface area contributed by atoms with Crippen molar-refractivity contribution in [2.75, 3.05) is 13.1 Å². The van der Waals surface area contributed by atoms with E-state index in [0.717, 1.165) is 78.6 Å². The Balaban J connectivity index is 1.19. The van der Waals surface area contributed by atoms with Crippen LogP contribution in [0.4, 0.5) is 0 Å². The summed E-state index contributed by atoms with van der Waals surface area (Å²) in [5, 5.41) is 15.7. The molecule has 5 aromatic rings. The zero-order chi connectivity index (χ0) is 30.6. The van der Waals surface area contributed by atoms with Crippen LogP contribution in [0.2, 0.25) is 0 Å². The van der Waals surface area contributed by atoms with Crippen molar-refractivity contribution in [2.45, 2.75) is 90.1 Å². The lowest BCUT2D eigenvalue weighted by molar-refractivity contribution is -0.137. The van der Waals surface area contributed by atoms with E-state index in [1.165, 1.54) is 22.3 Å². The van der Waals surface area contributed by atoms with Crippen molar-refractivity contribution >= 4 is 28.0 Å². The number of hydrogen-bond donors (Lipinski definition) is 3. The minimum Gasteiger partial charge on any atom is -0.353 e. The van der Waals surface area contributed by atoms with Gasteiger partial charge in [0.15, 0.2) is 0 Å². The molecule has 1 atom stereocenters. The highest BCUT2D eigenvalue weighted by Gasteiger charge is 2.47. The summed E-state index contributed by atoms with van der Waals surface area (Å²) in [4.78, 5) is 29.2. The number of pyridine rings is 2. The number of aromatic amines is 2. The Morgan fingerprint density at radius 3 is 2.45 bits per heavy atom. The lowest BCUT2D eigenvalue weighted by Gasteiger charge is -2.32. The van der Waals surface area contributed by atoms with E-state index in [-0.39, 0.29) is 11.8 Å². The van der Waals surface area contributed by atoms with Crippen LogP contribution < -0.4 is 5.32 Å². The molecule has 0 aliphatic carbocycles. The first-order valence-corrected chi connectivity index (χ1v) is 16.0. The largest absolute Gasteiger partial charge is 0.353 e. The number of nitrogens with zero attached hydrogens (tertiary/aromatic N) is 5. The minimum absolute atomic E-state index is 0.208. The average Bonchev–Trinajstić information content (AvgIpc) is 3.80. The molecule has 0 radical (unpaired) electrons. The number of rotatable bonds is 9. The van der Waals surface area contributed by atoms with Crippen molar-refractivity contribution in [1.29, 1.82) is 0 Å². The lowest BCUT2D eigenvalue weighted by atomic mass is 9.85. The maximum Gasteiger partial charge on any atom is 0.234 e. The van der Waals surface area contributed by atoms with E-state index in [2.05, 4.69) is 94.5 Å². The SMILES string of the molecule is Cc1cc(C)cc(-c2[nH]c3cnc(C(C)(C)C(=O)N4C5CCC4CC5)cc3c2C(C)CNCCc2cnc3n[nH]nc3c2)c1. The molecule has 9 nitrogen and oxygen atoms in total. The molecule has 3 N–H and O–H groups in total. The maximum absolute atomic E-state index is 14.0. The van der Waals surface area contributed by atoms with Crippen molar-refractivity contribution in [3.05, 3.63) is 70.7 Å². The van der Waals surface area contributed by atoms with Crippen LogP contribution in [0.15, 0.2) is 42.7 Å². The predicted molar refractivity (Wildman–Crippen MR) is 174 cm³/mol. The van der Waals surface area contributed by atoms with Crippen LogP contribution in [-0.2, 0) is 16.6 Å². The number of carbonyl (C=O) groups excluding carboxylic acids is 1. The fourth-order valence-electron chi connectivity index (χ4n) is 7.56. The van der Waals surface area contributed by atoms with Gasteiger partial charge in [-0.2, -0.15) is 10.3 Å². The quantitative estimate of drug-likeness (QED) is 0.185. The predicted octanol–water partition coefficient (Wildman–Crippen LogP) is 5.88. The summed E-state index contributed by atoms with van der Waals surface area (Å²) in [7, 11) is 0. The molecule has 2 aliphatic rings. The number of benzene rings is 1. The van der Waals surface area contributed by atoms with Gasteiger partial charge in [-0.25, -0.2) is 4.98 Å². The highest BCUT2D eigenvalue weighted by molar-refractivity contribution is 5.94. The molecule has 9 heteroatoms. The molecular weight excluding hydrogens is 548 g/mol. The molecule has 7 rings (SSSR count). The van der Waals surface area contributed by atoms with E-state index >= 15 is 0 Å². The molecule has 1 amide bonds. The molecule has 6 heterocycles. The summed E-state index contributed by atoms with van der Waals surface area (Å²) in [6.45, 7) is 12.3. The zero-order valence-corrected chi connectivity index (χ0v) is 26.4. The summed E-state index contributed by atoms with van der Waals surface area (Å²) >= 11 is 0. The van der Waals surface area contributed by atoms with Gasteiger partial charge in [0.05, 0.1) is 28.5 Å². The highest BCUT2D eigenvalue weighted by Crippen LogP contribution is 2.42. The lowest BCUT2D eigenvalue weighted by Crippen LogP contribution is -2.46. The van der Waals surface area contributed by atoms with Gasteiger partial charge in [-0.1, -0.05) is 24.1 Å². The van der Waals surface area contributed by atoms with E-state index in [9.17, 15) is 4.79 Å². The number of aryl methyl sites for hydroxylation is 2. The number of carbonyl (C=O) groups is 1. The third-order valence-corrected chi connectivity index (χ3v) is 9.86.